The molecular formula is C15H21FN2O. The highest BCUT2D eigenvalue weighted by Crippen LogP contribution is 2.27. The zero-order valence-electron chi connectivity index (χ0n) is 11.3. The van der Waals surface area contributed by atoms with Crippen molar-refractivity contribution in [1.82, 2.24) is 5.32 Å². The van der Waals surface area contributed by atoms with Crippen LogP contribution < -0.4 is 11.1 Å². The van der Waals surface area contributed by atoms with Crippen LogP contribution in [0.5, 0.6) is 0 Å². The van der Waals surface area contributed by atoms with Gasteiger partial charge in [-0.25, -0.2) is 4.39 Å². The van der Waals surface area contributed by atoms with E-state index in [2.05, 4.69) is 5.32 Å². The lowest BCUT2D eigenvalue weighted by Gasteiger charge is -2.25. The summed E-state index contributed by atoms with van der Waals surface area (Å²) < 4.78 is 12.8. The third-order valence-electron chi connectivity index (χ3n) is 3.78. The number of amides is 1. The third kappa shape index (κ3) is 3.53. The minimum Gasteiger partial charge on any atom is -0.352 e. The average Bonchev–Trinajstić information content (AvgIpc) is 2.80. The maximum atomic E-state index is 12.8. The summed E-state index contributed by atoms with van der Waals surface area (Å²) in [4.78, 5) is 12.1. The van der Waals surface area contributed by atoms with E-state index in [-0.39, 0.29) is 17.8 Å². The topological polar surface area (TPSA) is 55.1 Å². The first-order valence-corrected chi connectivity index (χ1v) is 6.84. The quantitative estimate of drug-likeness (QED) is 0.875. The summed E-state index contributed by atoms with van der Waals surface area (Å²) in [6.07, 6.45) is 4.26. The van der Waals surface area contributed by atoms with Crippen LogP contribution in [0, 0.1) is 5.82 Å². The summed E-state index contributed by atoms with van der Waals surface area (Å²) >= 11 is 0. The Morgan fingerprint density at radius 3 is 2.53 bits per heavy atom. The number of carbonyl (C=O) groups is 1. The van der Waals surface area contributed by atoms with Crippen molar-refractivity contribution in [2.45, 2.75) is 50.6 Å². The summed E-state index contributed by atoms with van der Waals surface area (Å²) in [7, 11) is 0. The van der Waals surface area contributed by atoms with Crippen LogP contribution in [-0.4, -0.2) is 17.5 Å². The number of hydrogen-bond donors (Lipinski definition) is 2. The van der Waals surface area contributed by atoms with Gasteiger partial charge in [0, 0.05) is 6.04 Å². The second-order valence-corrected chi connectivity index (χ2v) is 5.57. The number of benzene rings is 1. The second kappa shape index (κ2) is 5.70. The fraction of sp³-hybridized carbons (Fsp3) is 0.533. The van der Waals surface area contributed by atoms with E-state index in [1.165, 1.54) is 12.1 Å². The molecule has 0 bridgehead atoms. The van der Waals surface area contributed by atoms with Crippen LogP contribution in [0.1, 0.15) is 38.2 Å². The number of rotatable bonds is 4. The van der Waals surface area contributed by atoms with Gasteiger partial charge in [-0.2, -0.15) is 0 Å². The molecule has 104 valence electrons. The molecule has 1 fully saturated rings. The Bertz CT molecular complexity index is 438. The molecule has 3 nitrogen and oxygen atoms in total. The van der Waals surface area contributed by atoms with E-state index in [1.807, 2.05) is 6.92 Å². The fourth-order valence-electron chi connectivity index (χ4n) is 2.63. The van der Waals surface area contributed by atoms with E-state index >= 15 is 0 Å². The first-order valence-electron chi connectivity index (χ1n) is 6.84. The van der Waals surface area contributed by atoms with Crippen molar-refractivity contribution in [1.29, 1.82) is 0 Å². The maximum Gasteiger partial charge on any atom is 0.240 e. The Balaban J connectivity index is 1.88. The van der Waals surface area contributed by atoms with Gasteiger partial charge in [0.1, 0.15) is 5.82 Å². The van der Waals surface area contributed by atoms with Gasteiger partial charge in [0.2, 0.25) is 5.91 Å². The molecule has 0 saturated heterocycles. The standard InChI is InChI=1S/C15H21FN2O/c1-11(10-12-4-6-13(16)7-5-12)18-14(19)15(17)8-2-3-9-15/h4-7,11H,2-3,8-10,17H2,1H3,(H,18,19). The van der Waals surface area contributed by atoms with Crippen LogP contribution in [0.2, 0.25) is 0 Å². The molecule has 1 unspecified atom stereocenters. The Morgan fingerprint density at radius 1 is 1.37 bits per heavy atom. The number of halogens is 1. The van der Waals surface area contributed by atoms with Crippen LogP contribution in [0.15, 0.2) is 24.3 Å². The van der Waals surface area contributed by atoms with Gasteiger partial charge in [0.25, 0.3) is 0 Å². The summed E-state index contributed by atoms with van der Waals surface area (Å²) in [5.41, 5.74) is 6.43. The first kappa shape index (κ1) is 14.0. The van der Waals surface area contributed by atoms with E-state index in [0.717, 1.165) is 31.2 Å². The molecule has 1 aliphatic rings. The molecule has 0 heterocycles. The highest BCUT2D eigenvalue weighted by molar-refractivity contribution is 5.86. The molecule has 0 aromatic heterocycles. The van der Waals surface area contributed by atoms with Crippen LogP contribution >= 0.6 is 0 Å². The van der Waals surface area contributed by atoms with Crippen molar-refractivity contribution in [3.8, 4) is 0 Å². The lowest BCUT2D eigenvalue weighted by Crippen LogP contribution is -2.54. The summed E-state index contributed by atoms with van der Waals surface area (Å²) in [5, 5.41) is 2.97. The summed E-state index contributed by atoms with van der Waals surface area (Å²) in [6.45, 7) is 1.94. The molecular weight excluding hydrogens is 243 g/mol. The molecule has 1 aromatic carbocycles. The molecule has 0 aliphatic heterocycles. The molecule has 1 saturated carbocycles. The van der Waals surface area contributed by atoms with Gasteiger partial charge in [0.05, 0.1) is 5.54 Å². The smallest absolute Gasteiger partial charge is 0.240 e. The minimum absolute atomic E-state index is 0.000939. The highest BCUT2D eigenvalue weighted by atomic mass is 19.1. The number of nitrogens with one attached hydrogen (secondary N) is 1. The Hall–Kier alpha value is -1.42. The average molecular weight is 264 g/mol. The van der Waals surface area contributed by atoms with Gasteiger partial charge in [-0.05, 0) is 43.9 Å². The van der Waals surface area contributed by atoms with Gasteiger partial charge < -0.3 is 11.1 Å². The molecule has 19 heavy (non-hydrogen) atoms. The molecule has 0 radical (unpaired) electrons. The lowest BCUT2D eigenvalue weighted by molar-refractivity contribution is -0.126. The molecule has 1 atom stereocenters. The number of carbonyl (C=O) groups excluding carboxylic acids is 1. The highest BCUT2D eigenvalue weighted by Gasteiger charge is 2.37. The fourth-order valence-corrected chi connectivity index (χ4v) is 2.63. The van der Waals surface area contributed by atoms with Crippen molar-refractivity contribution in [2.24, 2.45) is 5.73 Å². The van der Waals surface area contributed by atoms with Crippen molar-refractivity contribution in [3.63, 3.8) is 0 Å². The third-order valence-corrected chi connectivity index (χ3v) is 3.78. The minimum atomic E-state index is -0.683. The van der Waals surface area contributed by atoms with Crippen LogP contribution in [0.25, 0.3) is 0 Å². The Morgan fingerprint density at radius 2 is 1.95 bits per heavy atom. The summed E-state index contributed by atoms with van der Waals surface area (Å²) in [6, 6.07) is 6.35. The molecule has 2 rings (SSSR count). The predicted octanol–water partition coefficient (Wildman–Crippen LogP) is 2.14. The van der Waals surface area contributed by atoms with Gasteiger partial charge in [0.15, 0.2) is 0 Å². The Labute approximate surface area is 113 Å². The molecule has 4 heteroatoms. The largest absolute Gasteiger partial charge is 0.352 e. The molecule has 0 spiro atoms. The van der Waals surface area contributed by atoms with E-state index in [4.69, 9.17) is 5.73 Å². The van der Waals surface area contributed by atoms with Crippen molar-refractivity contribution in [3.05, 3.63) is 35.6 Å². The monoisotopic (exact) mass is 264 g/mol. The zero-order valence-corrected chi connectivity index (χ0v) is 11.3. The SMILES string of the molecule is CC(Cc1ccc(F)cc1)NC(=O)C1(N)CCCC1. The normalized spacial score (nSPS) is 19.1. The number of nitrogens with two attached hydrogens (primary N) is 1. The zero-order chi connectivity index (χ0) is 13.9. The molecule has 3 N–H and O–H groups in total. The van der Waals surface area contributed by atoms with E-state index in [0.29, 0.717) is 6.42 Å². The van der Waals surface area contributed by atoms with Gasteiger partial charge in [-0.3, -0.25) is 4.79 Å². The maximum absolute atomic E-state index is 12.8. The van der Waals surface area contributed by atoms with Gasteiger partial charge in [-0.1, -0.05) is 25.0 Å². The van der Waals surface area contributed by atoms with E-state index in [1.54, 1.807) is 12.1 Å². The Kier molecular flexibility index (Phi) is 4.20. The summed E-state index contributed by atoms with van der Waals surface area (Å²) in [5.74, 6) is -0.299. The van der Waals surface area contributed by atoms with Crippen molar-refractivity contribution in [2.75, 3.05) is 0 Å². The lowest BCUT2D eigenvalue weighted by atomic mass is 9.97. The van der Waals surface area contributed by atoms with Crippen LogP contribution in [0.3, 0.4) is 0 Å². The molecule has 1 aliphatic carbocycles. The van der Waals surface area contributed by atoms with Crippen molar-refractivity contribution >= 4 is 5.91 Å². The predicted molar refractivity (Wildman–Crippen MR) is 73.1 cm³/mol. The second-order valence-electron chi connectivity index (χ2n) is 5.57. The van der Waals surface area contributed by atoms with Crippen LogP contribution in [0.4, 0.5) is 4.39 Å². The number of hydrogen-bond acceptors (Lipinski definition) is 2. The van der Waals surface area contributed by atoms with E-state index in [9.17, 15) is 9.18 Å². The van der Waals surface area contributed by atoms with E-state index < -0.39 is 5.54 Å². The molecule has 1 amide bonds. The van der Waals surface area contributed by atoms with Gasteiger partial charge in [-0.15, -0.1) is 0 Å². The van der Waals surface area contributed by atoms with Gasteiger partial charge >= 0.3 is 0 Å². The molecule has 1 aromatic rings. The van der Waals surface area contributed by atoms with Crippen LogP contribution in [-0.2, 0) is 11.2 Å². The first-order chi connectivity index (χ1) is 8.99. The van der Waals surface area contributed by atoms with Crippen molar-refractivity contribution < 1.29 is 9.18 Å².